The van der Waals surface area contributed by atoms with Crippen LogP contribution in [0.2, 0.25) is 0 Å². The number of thioether (sulfide) groups is 1. The molecule has 3 nitrogen and oxygen atoms in total. The molecule has 1 aliphatic heterocycles. The van der Waals surface area contributed by atoms with Crippen molar-refractivity contribution in [2.45, 2.75) is 50.5 Å². The standard InChI is InChI=1S/C21H25NO2S/c1-14-11-17(19-5-3-4-10-22(19)21(14)23)18-12-16(25-2)8-9-20(18)24-13-15-6-7-15/h8-9,11-12,15H,3-7,10,13H2,1-2H3. The van der Waals surface area contributed by atoms with Gasteiger partial charge in [0.15, 0.2) is 0 Å². The van der Waals surface area contributed by atoms with Crippen molar-refractivity contribution in [3.8, 4) is 16.9 Å². The highest BCUT2D eigenvalue weighted by Crippen LogP contribution is 2.38. The Morgan fingerprint density at radius 3 is 2.80 bits per heavy atom. The third kappa shape index (κ3) is 3.37. The van der Waals surface area contributed by atoms with Gasteiger partial charge in [0.1, 0.15) is 5.75 Å². The first-order chi connectivity index (χ1) is 12.2. The fourth-order valence-electron chi connectivity index (χ4n) is 3.61. The van der Waals surface area contributed by atoms with E-state index in [-0.39, 0.29) is 5.56 Å². The molecule has 2 aliphatic rings. The van der Waals surface area contributed by atoms with E-state index in [9.17, 15) is 4.79 Å². The van der Waals surface area contributed by atoms with E-state index in [1.165, 1.54) is 29.0 Å². The molecule has 1 fully saturated rings. The van der Waals surface area contributed by atoms with Gasteiger partial charge in [0, 0.05) is 33.8 Å². The lowest BCUT2D eigenvalue weighted by Crippen LogP contribution is -2.29. The Balaban J connectivity index is 1.85. The van der Waals surface area contributed by atoms with E-state index in [2.05, 4.69) is 30.5 Å². The van der Waals surface area contributed by atoms with Crippen molar-refractivity contribution in [2.75, 3.05) is 12.9 Å². The Kier molecular flexibility index (Phi) is 4.63. The summed E-state index contributed by atoms with van der Waals surface area (Å²) >= 11 is 1.74. The monoisotopic (exact) mass is 355 g/mol. The molecule has 1 aromatic heterocycles. The molecule has 0 spiro atoms. The van der Waals surface area contributed by atoms with Crippen molar-refractivity contribution in [1.29, 1.82) is 0 Å². The van der Waals surface area contributed by atoms with Gasteiger partial charge >= 0.3 is 0 Å². The lowest BCUT2D eigenvalue weighted by molar-refractivity contribution is 0.300. The predicted molar refractivity (Wildman–Crippen MR) is 104 cm³/mol. The van der Waals surface area contributed by atoms with Crippen molar-refractivity contribution < 1.29 is 4.74 Å². The SMILES string of the molecule is CSc1ccc(OCC2CC2)c(-c2cc(C)c(=O)n3c2CCCC3)c1. The number of rotatable bonds is 5. The summed E-state index contributed by atoms with van der Waals surface area (Å²) < 4.78 is 8.17. The molecule has 1 aliphatic carbocycles. The highest BCUT2D eigenvalue weighted by Gasteiger charge is 2.24. The summed E-state index contributed by atoms with van der Waals surface area (Å²) in [6.07, 6.45) is 7.87. The van der Waals surface area contributed by atoms with Crippen LogP contribution in [0.1, 0.15) is 36.9 Å². The third-order valence-electron chi connectivity index (χ3n) is 5.27. The van der Waals surface area contributed by atoms with Gasteiger partial charge in [-0.3, -0.25) is 4.79 Å². The summed E-state index contributed by atoms with van der Waals surface area (Å²) in [6.45, 7) is 3.57. The number of pyridine rings is 1. The Labute approximate surface area is 153 Å². The molecule has 0 unspecified atom stereocenters. The highest BCUT2D eigenvalue weighted by atomic mass is 32.2. The molecule has 0 atom stereocenters. The van der Waals surface area contributed by atoms with E-state index >= 15 is 0 Å². The van der Waals surface area contributed by atoms with E-state index in [0.29, 0.717) is 0 Å². The average Bonchev–Trinajstić information content (AvgIpc) is 3.47. The predicted octanol–water partition coefficient (Wildman–Crippen LogP) is 4.67. The van der Waals surface area contributed by atoms with Crippen molar-refractivity contribution >= 4 is 11.8 Å². The number of nitrogens with zero attached hydrogens (tertiary/aromatic N) is 1. The van der Waals surface area contributed by atoms with Crippen LogP contribution in [-0.4, -0.2) is 17.4 Å². The van der Waals surface area contributed by atoms with E-state index < -0.39 is 0 Å². The first-order valence-corrected chi connectivity index (χ1v) is 10.4. The van der Waals surface area contributed by atoms with Gasteiger partial charge in [-0.2, -0.15) is 0 Å². The second kappa shape index (κ2) is 6.91. The summed E-state index contributed by atoms with van der Waals surface area (Å²) in [6, 6.07) is 8.53. The second-order valence-electron chi connectivity index (χ2n) is 7.22. The Hall–Kier alpha value is -1.68. The van der Waals surface area contributed by atoms with Crippen LogP contribution < -0.4 is 10.3 Å². The maximum atomic E-state index is 12.6. The number of benzene rings is 1. The molecule has 1 aromatic carbocycles. The molecular formula is C21H25NO2S. The molecule has 0 N–H and O–H groups in total. The second-order valence-corrected chi connectivity index (χ2v) is 8.10. The van der Waals surface area contributed by atoms with Crippen molar-refractivity contribution in [3.63, 3.8) is 0 Å². The summed E-state index contributed by atoms with van der Waals surface area (Å²) in [4.78, 5) is 13.8. The van der Waals surface area contributed by atoms with Gasteiger partial charge in [-0.1, -0.05) is 0 Å². The summed E-state index contributed by atoms with van der Waals surface area (Å²) in [5.41, 5.74) is 4.49. The Bertz CT molecular complexity index is 852. The normalized spacial score (nSPS) is 16.6. The van der Waals surface area contributed by atoms with Gasteiger partial charge in [0.2, 0.25) is 0 Å². The number of hydrogen-bond donors (Lipinski definition) is 0. The van der Waals surface area contributed by atoms with Crippen LogP contribution in [0.25, 0.3) is 11.1 Å². The van der Waals surface area contributed by atoms with Gasteiger partial charge in [0.25, 0.3) is 5.56 Å². The minimum atomic E-state index is 0.167. The van der Waals surface area contributed by atoms with Crippen LogP contribution in [0, 0.1) is 12.8 Å². The third-order valence-corrected chi connectivity index (χ3v) is 6.00. The van der Waals surface area contributed by atoms with Gasteiger partial charge in [-0.15, -0.1) is 11.8 Å². The fraction of sp³-hybridized carbons (Fsp3) is 0.476. The lowest BCUT2D eigenvalue weighted by atomic mass is 9.95. The van der Waals surface area contributed by atoms with E-state index in [0.717, 1.165) is 55.2 Å². The smallest absolute Gasteiger partial charge is 0.253 e. The molecule has 0 bridgehead atoms. The van der Waals surface area contributed by atoms with E-state index in [1.54, 1.807) is 11.8 Å². The van der Waals surface area contributed by atoms with Crippen molar-refractivity contribution in [3.05, 3.63) is 45.9 Å². The van der Waals surface area contributed by atoms with Crippen LogP contribution in [0.15, 0.2) is 34.0 Å². The van der Waals surface area contributed by atoms with Crippen LogP contribution in [0.4, 0.5) is 0 Å². The molecule has 0 saturated heterocycles. The minimum Gasteiger partial charge on any atom is -0.493 e. The Morgan fingerprint density at radius 1 is 1.20 bits per heavy atom. The van der Waals surface area contributed by atoms with Gasteiger partial charge in [-0.25, -0.2) is 0 Å². The molecule has 2 heterocycles. The van der Waals surface area contributed by atoms with Gasteiger partial charge in [0.05, 0.1) is 6.61 Å². The number of hydrogen-bond acceptors (Lipinski definition) is 3. The van der Waals surface area contributed by atoms with Crippen LogP contribution in [0.5, 0.6) is 5.75 Å². The highest BCUT2D eigenvalue weighted by molar-refractivity contribution is 7.98. The molecular weight excluding hydrogens is 330 g/mol. The molecule has 1 saturated carbocycles. The number of aromatic nitrogens is 1. The zero-order valence-electron chi connectivity index (χ0n) is 15.0. The van der Waals surface area contributed by atoms with Crippen LogP contribution in [-0.2, 0) is 13.0 Å². The molecule has 25 heavy (non-hydrogen) atoms. The first-order valence-electron chi connectivity index (χ1n) is 9.22. The first kappa shape index (κ1) is 16.8. The van der Waals surface area contributed by atoms with Gasteiger partial charge < -0.3 is 9.30 Å². The zero-order chi connectivity index (χ0) is 17.4. The molecule has 132 valence electrons. The molecule has 0 radical (unpaired) electrons. The van der Waals surface area contributed by atoms with Crippen LogP contribution >= 0.6 is 11.8 Å². The maximum absolute atomic E-state index is 12.6. The number of aryl methyl sites for hydroxylation is 1. The molecule has 4 rings (SSSR count). The van der Waals surface area contributed by atoms with Crippen molar-refractivity contribution in [1.82, 2.24) is 4.57 Å². The molecule has 4 heteroatoms. The lowest BCUT2D eigenvalue weighted by Gasteiger charge is -2.24. The maximum Gasteiger partial charge on any atom is 0.253 e. The largest absolute Gasteiger partial charge is 0.493 e. The molecule has 0 amide bonds. The average molecular weight is 356 g/mol. The zero-order valence-corrected chi connectivity index (χ0v) is 15.8. The number of fused-ring (bicyclic) bond motifs is 1. The van der Waals surface area contributed by atoms with Crippen LogP contribution in [0.3, 0.4) is 0 Å². The summed E-state index contributed by atoms with van der Waals surface area (Å²) in [5, 5.41) is 0. The van der Waals surface area contributed by atoms with Gasteiger partial charge in [-0.05, 0) is 75.5 Å². The van der Waals surface area contributed by atoms with E-state index in [1.807, 2.05) is 11.5 Å². The van der Waals surface area contributed by atoms with Crippen molar-refractivity contribution in [2.24, 2.45) is 5.92 Å². The molecule has 2 aromatic rings. The summed E-state index contributed by atoms with van der Waals surface area (Å²) in [5.74, 6) is 1.68. The number of ether oxygens (including phenoxy) is 1. The Morgan fingerprint density at radius 2 is 2.04 bits per heavy atom. The fourth-order valence-corrected chi connectivity index (χ4v) is 4.05. The quantitative estimate of drug-likeness (QED) is 0.730. The summed E-state index contributed by atoms with van der Waals surface area (Å²) in [7, 11) is 0. The minimum absolute atomic E-state index is 0.167. The van der Waals surface area contributed by atoms with E-state index in [4.69, 9.17) is 4.74 Å². The topological polar surface area (TPSA) is 31.2 Å².